The highest BCUT2D eigenvalue weighted by Gasteiger charge is 2.12. The normalized spacial score (nSPS) is 9.89. The summed E-state index contributed by atoms with van der Waals surface area (Å²) in [6, 6.07) is 5.52. The Hall–Kier alpha value is -2.61. The van der Waals surface area contributed by atoms with Gasteiger partial charge in [-0.2, -0.15) is 5.26 Å². The van der Waals surface area contributed by atoms with Crippen LogP contribution in [0.5, 0.6) is 0 Å². The van der Waals surface area contributed by atoms with Crippen LogP contribution in [0.15, 0.2) is 36.9 Å². The molecule has 1 N–H and O–H groups in total. The van der Waals surface area contributed by atoms with Gasteiger partial charge >= 0.3 is 0 Å². The van der Waals surface area contributed by atoms with Crippen LogP contribution in [0.2, 0.25) is 0 Å². The van der Waals surface area contributed by atoms with E-state index in [2.05, 4.69) is 9.97 Å². The SMILES string of the molecule is CN(CCc1cc[nH]c1)C(=O)c1cncc(C#N)c1. The lowest BCUT2D eigenvalue weighted by Crippen LogP contribution is -2.28. The van der Waals surface area contributed by atoms with E-state index in [4.69, 9.17) is 5.26 Å². The van der Waals surface area contributed by atoms with Gasteiger partial charge in [0.15, 0.2) is 0 Å². The molecule has 0 radical (unpaired) electrons. The predicted molar refractivity (Wildman–Crippen MR) is 70.4 cm³/mol. The number of H-pyrrole nitrogens is 1. The summed E-state index contributed by atoms with van der Waals surface area (Å²) in [6.45, 7) is 0.619. The molecular weight excluding hydrogens is 240 g/mol. The highest BCUT2D eigenvalue weighted by Crippen LogP contribution is 2.06. The molecule has 96 valence electrons. The molecule has 0 saturated heterocycles. The molecule has 2 aromatic rings. The molecule has 0 unspecified atom stereocenters. The van der Waals surface area contributed by atoms with Crippen molar-refractivity contribution in [3.63, 3.8) is 0 Å². The summed E-state index contributed by atoms with van der Waals surface area (Å²) in [6.07, 6.45) is 7.48. The summed E-state index contributed by atoms with van der Waals surface area (Å²) in [4.78, 5) is 20.6. The Balaban J connectivity index is 2.00. The van der Waals surface area contributed by atoms with Gasteiger partial charge in [-0.15, -0.1) is 0 Å². The Morgan fingerprint density at radius 1 is 1.53 bits per heavy atom. The second kappa shape index (κ2) is 5.83. The third kappa shape index (κ3) is 3.19. The standard InChI is InChI=1S/C14H14N4O/c1-18(5-3-11-2-4-16-8-11)14(19)13-6-12(7-15)9-17-10-13/h2,4,6,8-10,16H,3,5H2,1H3. The van der Waals surface area contributed by atoms with E-state index in [1.54, 1.807) is 18.0 Å². The van der Waals surface area contributed by atoms with Crippen molar-refractivity contribution < 1.29 is 4.79 Å². The number of carbonyl (C=O) groups excluding carboxylic acids is 1. The van der Waals surface area contributed by atoms with Crippen molar-refractivity contribution in [3.8, 4) is 6.07 Å². The van der Waals surface area contributed by atoms with Gasteiger partial charge in [0.2, 0.25) is 0 Å². The highest BCUT2D eigenvalue weighted by atomic mass is 16.2. The molecule has 0 aliphatic carbocycles. The molecule has 5 nitrogen and oxygen atoms in total. The molecule has 0 saturated carbocycles. The molecule has 0 fully saturated rings. The number of nitrogens with one attached hydrogen (secondary N) is 1. The second-order valence-electron chi connectivity index (χ2n) is 4.27. The number of carbonyl (C=O) groups is 1. The predicted octanol–water partition coefficient (Wildman–Crippen LogP) is 1.60. The Morgan fingerprint density at radius 3 is 3.05 bits per heavy atom. The van der Waals surface area contributed by atoms with Crippen LogP contribution in [0.1, 0.15) is 21.5 Å². The van der Waals surface area contributed by atoms with Crippen molar-refractivity contribution >= 4 is 5.91 Å². The average Bonchev–Trinajstić information content (AvgIpc) is 2.97. The van der Waals surface area contributed by atoms with Gasteiger partial charge in [-0.25, -0.2) is 0 Å². The van der Waals surface area contributed by atoms with Crippen molar-refractivity contribution in [2.45, 2.75) is 6.42 Å². The van der Waals surface area contributed by atoms with E-state index in [1.807, 2.05) is 24.5 Å². The van der Waals surface area contributed by atoms with Crippen LogP contribution in [0.25, 0.3) is 0 Å². The number of nitrogens with zero attached hydrogens (tertiary/aromatic N) is 3. The fraction of sp³-hybridized carbons (Fsp3) is 0.214. The zero-order valence-electron chi connectivity index (χ0n) is 10.6. The van der Waals surface area contributed by atoms with Crippen molar-refractivity contribution in [3.05, 3.63) is 53.6 Å². The number of nitriles is 1. The van der Waals surface area contributed by atoms with Crippen molar-refractivity contribution in [2.24, 2.45) is 0 Å². The molecule has 1 amide bonds. The Labute approximate surface area is 111 Å². The van der Waals surface area contributed by atoms with Gasteiger partial charge in [0, 0.05) is 38.4 Å². The van der Waals surface area contributed by atoms with Crippen LogP contribution in [-0.4, -0.2) is 34.4 Å². The molecule has 0 atom stereocenters. The third-order valence-electron chi connectivity index (χ3n) is 2.86. The van der Waals surface area contributed by atoms with Gasteiger partial charge in [0.25, 0.3) is 5.91 Å². The van der Waals surface area contributed by atoms with Crippen LogP contribution >= 0.6 is 0 Å². The van der Waals surface area contributed by atoms with Crippen molar-refractivity contribution in [2.75, 3.05) is 13.6 Å². The van der Waals surface area contributed by atoms with E-state index in [1.165, 1.54) is 12.4 Å². The number of rotatable bonds is 4. The summed E-state index contributed by atoms with van der Waals surface area (Å²) in [5, 5.41) is 8.79. The second-order valence-corrected chi connectivity index (χ2v) is 4.27. The van der Waals surface area contributed by atoms with Gasteiger partial charge in [-0.3, -0.25) is 9.78 Å². The summed E-state index contributed by atoms with van der Waals surface area (Å²) in [5.74, 6) is -0.125. The summed E-state index contributed by atoms with van der Waals surface area (Å²) < 4.78 is 0. The van der Waals surface area contributed by atoms with Crippen LogP contribution < -0.4 is 0 Å². The van der Waals surface area contributed by atoms with Crippen LogP contribution in [0.3, 0.4) is 0 Å². The maximum Gasteiger partial charge on any atom is 0.255 e. The molecule has 5 heteroatoms. The minimum absolute atomic E-state index is 0.125. The topological polar surface area (TPSA) is 72.8 Å². The zero-order valence-corrected chi connectivity index (χ0v) is 10.6. The summed E-state index contributed by atoms with van der Waals surface area (Å²) in [7, 11) is 1.74. The highest BCUT2D eigenvalue weighted by molar-refractivity contribution is 5.94. The Bertz CT molecular complexity index is 598. The van der Waals surface area contributed by atoms with E-state index in [9.17, 15) is 4.79 Å². The molecule has 2 aromatic heterocycles. The maximum atomic E-state index is 12.1. The zero-order chi connectivity index (χ0) is 13.7. The number of likely N-dealkylation sites (N-methyl/N-ethyl adjacent to an activating group) is 1. The van der Waals surface area contributed by atoms with Gasteiger partial charge in [-0.05, 0) is 24.1 Å². The first-order valence-corrected chi connectivity index (χ1v) is 5.93. The van der Waals surface area contributed by atoms with Crippen molar-refractivity contribution in [1.82, 2.24) is 14.9 Å². The molecule has 0 aliphatic rings. The van der Waals surface area contributed by atoms with Gasteiger partial charge in [0.05, 0.1) is 11.1 Å². The van der Waals surface area contributed by atoms with E-state index >= 15 is 0 Å². The van der Waals surface area contributed by atoms with E-state index < -0.39 is 0 Å². The smallest absolute Gasteiger partial charge is 0.255 e. The monoisotopic (exact) mass is 254 g/mol. The Kier molecular flexibility index (Phi) is 3.94. The number of aromatic amines is 1. The van der Waals surface area contributed by atoms with Crippen molar-refractivity contribution in [1.29, 1.82) is 5.26 Å². The van der Waals surface area contributed by atoms with Crippen LogP contribution in [0.4, 0.5) is 0 Å². The molecule has 19 heavy (non-hydrogen) atoms. The Morgan fingerprint density at radius 2 is 2.37 bits per heavy atom. The van der Waals surface area contributed by atoms with Gasteiger partial charge in [-0.1, -0.05) is 0 Å². The summed E-state index contributed by atoms with van der Waals surface area (Å²) >= 11 is 0. The van der Waals surface area contributed by atoms with E-state index in [-0.39, 0.29) is 5.91 Å². The maximum absolute atomic E-state index is 12.1. The third-order valence-corrected chi connectivity index (χ3v) is 2.86. The van der Waals surface area contributed by atoms with E-state index in [0.717, 1.165) is 12.0 Å². The fourth-order valence-electron chi connectivity index (χ4n) is 1.75. The van der Waals surface area contributed by atoms with Gasteiger partial charge < -0.3 is 9.88 Å². The largest absolute Gasteiger partial charge is 0.367 e. The average molecular weight is 254 g/mol. The quantitative estimate of drug-likeness (QED) is 0.900. The number of aromatic nitrogens is 2. The molecular formula is C14H14N4O. The number of amides is 1. The lowest BCUT2D eigenvalue weighted by Gasteiger charge is -2.16. The number of hydrogen-bond acceptors (Lipinski definition) is 3. The minimum atomic E-state index is -0.125. The molecule has 0 aliphatic heterocycles. The van der Waals surface area contributed by atoms with Gasteiger partial charge in [0.1, 0.15) is 6.07 Å². The first-order chi connectivity index (χ1) is 9.20. The number of pyridine rings is 1. The first kappa shape index (κ1) is 12.8. The molecule has 0 bridgehead atoms. The molecule has 0 spiro atoms. The first-order valence-electron chi connectivity index (χ1n) is 5.93. The molecule has 2 heterocycles. The van der Waals surface area contributed by atoms with Crippen LogP contribution in [-0.2, 0) is 6.42 Å². The lowest BCUT2D eigenvalue weighted by molar-refractivity contribution is 0.0796. The number of hydrogen-bond donors (Lipinski definition) is 1. The summed E-state index contributed by atoms with van der Waals surface area (Å²) in [5.41, 5.74) is 1.99. The lowest BCUT2D eigenvalue weighted by atomic mass is 10.2. The van der Waals surface area contributed by atoms with E-state index in [0.29, 0.717) is 17.7 Å². The van der Waals surface area contributed by atoms with Crippen LogP contribution in [0, 0.1) is 11.3 Å². The fourth-order valence-corrected chi connectivity index (χ4v) is 1.75. The molecule has 2 rings (SSSR count). The minimum Gasteiger partial charge on any atom is -0.367 e. The molecule has 0 aromatic carbocycles.